The largest absolute Gasteiger partial charge is 0.394 e. The number of amides is 1. The fraction of sp³-hybridized carbons (Fsp3) is 0.333. The first-order chi connectivity index (χ1) is 9.28. The van der Waals surface area contributed by atoms with E-state index in [1.165, 1.54) is 11.0 Å². The van der Waals surface area contributed by atoms with Crippen LogP contribution in [0.1, 0.15) is 5.56 Å². The van der Waals surface area contributed by atoms with E-state index < -0.39 is 0 Å². The number of aliphatic hydroxyl groups excluding tert-OH is 1. The van der Waals surface area contributed by atoms with Crippen LogP contribution in [0.15, 0.2) is 36.7 Å². The molecule has 100 valence electrons. The van der Waals surface area contributed by atoms with Gasteiger partial charge in [-0.2, -0.15) is 0 Å². The van der Waals surface area contributed by atoms with Gasteiger partial charge in [0.15, 0.2) is 0 Å². The predicted octanol–water partition coefficient (Wildman–Crippen LogP) is -0.607. The highest BCUT2D eigenvalue weighted by molar-refractivity contribution is 5.75. The van der Waals surface area contributed by atoms with E-state index in [-0.39, 0.29) is 25.1 Å². The first kappa shape index (κ1) is 13.2. The highest BCUT2D eigenvalue weighted by Gasteiger charge is 2.12. The number of benzene rings is 1. The summed E-state index contributed by atoms with van der Waals surface area (Å²) in [5.41, 5.74) is 1.06. The molecule has 1 aromatic carbocycles. The van der Waals surface area contributed by atoms with E-state index >= 15 is 0 Å². The normalized spacial score (nSPS) is 12.1. The highest BCUT2D eigenvalue weighted by atomic mass is 16.3. The Bertz CT molecular complexity index is 500. The molecule has 2 aromatic rings. The van der Waals surface area contributed by atoms with Crippen LogP contribution >= 0.6 is 0 Å². The summed E-state index contributed by atoms with van der Waals surface area (Å²) in [6.45, 7) is -0.0749. The third-order valence-corrected chi connectivity index (χ3v) is 2.61. The number of hydrogen-bond donors (Lipinski definition) is 2. The van der Waals surface area contributed by atoms with E-state index in [0.717, 1.165) is 5.56 Å². The second-order valence-corrected chi connectivity index (χ2v) is 4.14. The summed E-state index contributed by atoms with van der Waals surface area (Å²) in [7, 11) is 0. The van der Waals surface area contributed by atoms with Crippen LogP contribution in [0.25, 0.3) is 0 Å². The SMILES string of the molecule is O=C(Cn1cnnn1)NC(CO)Cc1ccccc1. The maximum Gasteiger partial charge on any atom is 0.242 e. The molecule has 1 heterocycles. The fourth-order valence-corrected chi connectivity index (χ4v) is 1.73. The van der Waals surface area contributed by atoms with Crippen molar-refractivity contribution in [3.63, 3.8) is 0 Å². The first-order valence-corrected chi connectivity index (χ1v) is 5.93. The van der Waals surface area contributed by atoms with Crippen LogP contribution in [0.3, 0.4) is 0 Å². The Hall–Kier alpha value is -2.28. The van der Waals surface area contributed by atoms with Gasteiger partial charge in [-0.1, -0.05) is 30.3 Å². The van der Waals surface area contributed by atoms with Crippen LogP contribution in [-0.4, -0.2) is 43.9 Å². The third kappa shape index (κ3) is 4.14. The summed E-state index contributed by atoms with van der Waals surface area (Å²) in [6.07, 6.45) is 1.95. The topological polar surface area (TPSA) is 92.9 Å². The predicted molar refractivity (Wildman–Crippen MR) is 67.0 cm³/mol. The standard InChI is InChI=1S/C12H15N5O2/c18-8-11(6-10-4-2-1-3-5-10)14-12(19)7-17-9-13-15-16-17/h1-5,9,11,18H,6-8H2,(H,14,19). The molecule has 0 spiro atoms. The van der Waals surface area contributed by atoms with Crippen LogP contribution in [0.4, 0.5) is 0 Å². The molecule has 0 aliphatic heterocycles. The van der Waals surface area contributed by atoms with E-state index in [4.69, 9.17) is 0 Å². The lowest BCUT2D eigenvalue weighted by molar-refractivity contribution is -0.122. The quantitative estimate of drug-likeness (QED) is 0.724. The monoisotopic (exact) mass is 261 g/mol. The number of nitrogens with zero attached hydrogens (tertiary/aromatic N) is 4. The lowest BCUT2D eigenvalue weighted by Gasteiger charge is -2.16. The van der Waals surface area contributed by atoms with Crippen molar-refractivity contribution in [1.82, 2.24) is 25.5 Å². The average Bonchev–Trinajstić information content (AvgIpc) is 2.92. The van der Waals surface area contributed by atoms with Gasteiger partial charge in [0.05, 0.1) is 12.6 Å². The zero-order valence-electron chi connectivity index (χ0n) is 10.3. The number of aromatic nitrogens is 4. The second kappa shape index (κ2) is 6.60. The minimum absolute atomic E-state index is 0.0400. The van der Waals surface area contributed by atoms with Crippen LogP contribution in [-0.2, 0) is 17.8 Å². The first-order valence-electron chi connectivity index (χ1n) is 5.93. The van der Waals surface area contributed by atoms with Gasteiger partial charge in [0.2, 0.25) is 5.91 Å². The van der Waals surface area contributed by atoms with Crippen molar-refractivity contribution >= 4 is 5.91 Å². The van der Waals surface area contributed by atoms with Crippen molar-refractivity contribution in [3.8, 4) is 0 Å². The summed E-state index contributed by atoms with van der Waals surface area (Å²) in [5.74, 6) is -0.234. The molecule has 2 rings (SSSR count). The van der Waals surface area contributed by atoms with Crippen molar-refractivity contribution in [2.24, 2.45) is 0 Å². The lowest BCUT2D eigenvalue weighted by atomic mass is 10.1. The van der Waals surface area contributed by atoms with E-state index in [0.29, 0.717) is 6.42 Å². The Labute approximate surface area is 110 Å². The van der Waals surface area contributed by atoms with Crippen LogP contribution in [0, 0.1) is 0 Å². The van der Waals surface area contributed by atoms with Gasteiger partial charge in [-0.05, 0) is 22.4 Å². The molecule has 0 fully saturated rings. The molecule has 0 saturated carbocycles. The molecule has 0 saturated heterocycles. The number of nitrogens with one attached hydrogen (secondary N) is 1. The second-order valence-electron chi connectivity index (χ2n) is 4.14. The number of hydrogen-bond acceptors (Lipinski definition) is 5. The Morgan fingerprint density at radius 2 is 2.16 bits per heavy atom. The van der Waals surface area contributed by atoms with Gasteiger partial charge in [0, 0.05) is 0 Å². The van der Waals surface area contributed by atoms with Crippen molar-refractivity contribution < 1.29 is 9.90 Å². The van der Waals surface area contributed by atoms with Gasteiger partial charge < -0.3 is 10.4 Å². The van der Waals surface area contributed by atoms with Gasteiger partial charge in [-0.15, -0.1) is 5.10 Å². The average molecular weight is 261 g/mol. The molecule has 1 aromatic heterocycles. The molecule has 1 unspecified atom stereocenters. The molecule has 1 amide bonds. The van der Waals surface area contributed by atoms with Crippen molar-refractivity contribution in [1.29, 1.82) is 0 Å². The van der Waals surface area contributed by atoms with Gasteiger partial charge in [-0.25, -0.2) is 4.68 Å². The highest BCUT2D eigenvalue weighted by Crippen LogP contribution is 2.02. The summed E-state index contributed by atoms with van der Waals surface area (Å²) >= 11 is 0. The van der Waals surface area contributed by atoms with E-state index in [1.807, 2.05) is 30.3 Å². The van der Waals surface area contributed by atoms with E-state index in [2.05, 4.69) is 20.8 Å². The molecule has 0 aliphatic carbocycles. The molecular weight excluding hydrogens is 246 g/mol. The maximum absolute atomic E-state index is 11.7. The van der Waals surface area contributed by atoms with Crippen LogP contribution in [0.2, 0.25) is 0 Å². The summed E-state index contributed by atoms with van der Waals surface area (Å²) in [4.78, 5) is 11.7. The summed E-state index contributed by atoms with van der Waals surface area (Å²) in [5, 5.41) is 22.5. The smallest absolute Gasteiger partial charge is 0.242 e. The van der Waals surface area contributed by atoms with E-state index in [9.17, 15) is 9.90 Å². The number of aliphatic hydroxyl groups is 1. The van der Waals surface area contributed by atoms with Gasteiger partial charge in [-0.3, -0.25) is 4.79 Å². The molecule has 2 N–H and O–H groups in total. The van der Waals surface area contributed by atoms with Crippen LogP contribution < -0.4 is 5.32 Å². The molecule has 0 bridgehead atoms. The lowest BCUT2D eigenvalue weighted by Crippen LogP contribution is -2.40. The van der Waals surface area contributed by atoms with Gasteiger partial charge >= 0.3 is 0 Å². The third-order valence-electron chi connectivity index (χ3n) is 2.61. The molecule has 1 atom stereocenters. The minimum atomic E-state index is -0.314. The fourth-order valence-electron chi connectivity index (χ4n) is 1.73. The van der Waals surface area contributed by atoms with Gasteiger partial charge in [0.25, 0.3) is 0 Å². The Morgan fingerprint density at radius 3 is 2.79 bits per heavy atom. The maximum atomic E-state index is 11.7. The molecule has 7 nitrogen and oxygen atoms in total. The van der Waals surface area contributed by atoms with Crippen LogP contribution in [0.5, 0.6) is 0 Å². The molecule has 0 radical (unpaired) electrons. The summed E-state index contributed by atoms with van der Waals surface area (Å²) < 4.78 is 1.33. The molecule has 7 heteroatoms. The molecular formula is C12H15N5O2. The minimum Gasteiger partial charge on any atom is -0.394 e. The molecule has 19 heavy (non-hydrogen) atoms. The molecule has 0 aliphatic rings. The number of carbonyl (C=O) groups is 1. The van der Waals surface area contributed by atoms with Crippen molar-refractivity contribution in [2.75, 3.05) is 6.61 Å². The zero-order chi connectivity index (χ0) is 13.5. The number of rotatable bonds is 6. The number of carbonyl (C=O) groups excluding carboxylic acids is 1. The van der Waals surface area contributed by atoms with Gasteiger partial charge in [0.1, 0.15) is 12.9 Å². The Kier molecular flexibility index (Phi) is 4.57. The zero-order valence-corrected chi connectivity index (χ0v) is 10.3. The number of tetrazole rings is 1. The van der Waals surface area contributed by atoms with E-state index in [1.54, 1.807) is 0 Å². The van der Waals surface area contributed by atoms with Crippen molar-refractivity contribution in [3.05, 3.63) is 42.2 Å². The Balaban J connectivity index is 1.86. The Morgan fingerprint density at radius 1 is 1.37 bits per heavy atom. The summed E-state index contributed by atoms with van der Waals surface area (Å²) in [6, 6.07) is 9.37. The van der Waals surface area contributed by atoms with Crippen molar-refractivity contribution in [2.45, 2.75) is 19.0 Å².